The minimum atomic E-state index is 0. The van der Waals surface area contributed by atoms with Gasteiger partial charge in [0, 0.05) is 19.5 Å². The van der Waals surface area contributed by atoms with Gasteiger partial charge in [-0.3, -0.25) is 4.99 Å². The summed E-state index contributed by atoms with van der Waals surface area (Å²) in [5.74, 6) is 3.11. The van der Waals surface area contributed by atoms with Gasteiger partial charge in [-0.2, -0.15) is 0 Å². The second kappa shape index (κ2) is 11.0. The molecular weight excluding hydrogens is 453 g/mol. The molecule has 146 valence electrons. The van der Waals surface area contributed by atoms with E-state index < -0.39 is 0 Å². The van der Waals surface area contributed by atoms with E-state index in [0.717, 1.165) is 37.0 Å². The second-order valence-electron chi connectivity index (χ2n) is 6.41. The fourth-order valence-corrected chi connectivity index (χ4v) is 3.04. The van der Waals surface area contributed by atoms with E-state index in [2.05, 4.69) is 46.8 Å². The summed E-state index contributed by atoms with van der Waals surface area (Å²) in [5, 5.41) is 6.71. The Hall–Kier alpha value is -1.96. The van der Waals surface area contributed by atoms with Crippen LogP contribution >= 0.6 is 24.0 Å². The maximum Gasteiger partial charge on any atom is 0.191 e. The van der Waals surface area contributed by atoms with Gasteiger partial charge in [0.25, 0.3) is 0 Å². The molecule has 2 N–H and O–H groups in total. The van der Waals surface area contributed by atoms with Crippen LogP contribution in [0.5, 0.6) is 11.5 Å². The van der Waals surface area contributed by atoms with Gasteiger partial charge >= 0.3 is 0 Å². The number of fused-ring (bicyclic) bond motifs is 1. The molecule has 1 aliphatic rings. The minimum absolute atomic E-state index is 0. The highest BCUT2D eigenvalue weighted by molar-refractivity contribution is 14.0. The summed E-state index contributed by atoms with van der Waals surface area (Å²) in [6.45, 7) is 4.94. The average Bonchev–Trinajstić information content (AvgIpc) is 2.69. The van der Waals surface area contributed by atoms with Crippen molar-refractivity contribution in [2.45, 2.75) is 19.3 Å². The number of aryl methyl sites for hydroxylation is 1. The molecule has 2 aromatic rings. The number of halogens is 1. The summed E-state index contributed by atoms with van der Waals surface area (Å²) >= 11 is 0. The molecule has 1 heterocycles. The van der Waals surface area contributed by atoms with Gasteiger partial charge in [-0.05, 0) is 37.1 Å². The Morgan fingerprint density at radius 1 is 1.15 bits per heavy atom. The van der Waals surface area contributed by atoms with E-state index >= 15 is 0 Å². The van der Waals surface area contributed by atoms with Crippen molar-refractivity contribution >= 4 is 29.9 Å². The summed E-state index contributed by atoms with van der Waals surface area (Å²) < 4.78 is 11.5. The fourth-order valence-electron chi connectivity index (χ4n) is 3.04. The zero-order valence-electron chi connectivity index (χ0n) is 15.9. The number of ether oxygens (including phenoxy) is 2. The first-order valence-electron chi connectivity index (χ1n) is 9.12. The van der Waals surface area contributed by atoms with Crippen LogP contribution in [0.25, 0.3) is 0 Å². The van der Waals surface area contributed by atoms with Gasteiger partial charge in [-0.15, -0.1) is 24.0 Å². The largest absolute Gasteiger partial charge is 0.493 e. The lowest BCUT2D eigenvalue weighted by atomic mass is 9.93. The molecule has 0 radical (unpaired) electrons. The Labute approximate surface area is 178 Å². The van der Waals surface area contributed by atoms with Crippen LogP contribution in [-0.4, -0.2) is 39.3 Å². The number of nitrogens with zero attached hydrogens (tertiary/aromatic N) is 1. The van der Waals surface area contributed by atoms with Gasteiger partial charge in [-0.1, -0.05) is 35.9 Å². The minimum Gasteiger partial charge on any atom is -0.493 e. The zero-order valence-corrected chi connectivity index (χ0v) is 18.2. The number of hydrogen-bond donors (Lipinski definition) is 2. The summed E-state index contributed by atoms with van der Waals surface area (Å²) in [4.78, 5) is 4.29. The van der Waals surface area contributed by atoms with Crippen LogP contribution in [0.3, 0.4) is 0 Å². The zero-order chi connectivity index (χ0) is 18.2. The lowest BCUT2D eigenvalue weighted by Crippen LogP contribution is -2.41. The molecule has 0 spiro atoms. The van der Waals surface area contributed by atoms with E-state index in [9.17, 15) is 0 Å². The third kappa shape index (κ3) is 6.30. The van der Waals surface area contributed by atoms with Crippen LogP contribution in [0.4, 0.5) is 0 Å². The third-order valence-corrected chi connectivity index (χ3v) is 4.51. The van der Waals surface area contributed by atoms with Crippen molar-refractivity contribution in [1.29, 1.82) is 0 Å². The van der Waals surface area contributed by atoms with Crippen LogP contribution < -0.4 is 20.1 Å². The number of hydrogen-bond acceptors (Lipinski definition) is 3. The van der Waals surface area contributed by atoms with E-state index in [4.69, 9.17) is 9.47 Å². The predicted molar refractivity (Wildman–Crippen MR) is 121 cm³/mol. The lowest BCUT2D eigenvalue weighted by molar-refractivity contribution is 0.267. The molecule has 27 heavy (non-hydrogen) atoms. The highest BCUT2D eigenvalue weighted by Crippen LogP contribution is 2.32. The molecule has 0 amide bonds. The van der Waals surface area contributed by atoms with Crippen LogP contribution in [0.15, 0.2) is 53.5 Å². The topological polar surface area (TPSA) is 54.9 Å². The quantitative estimate of drug-likeness (QED) is 0.286. The van der Waals surface area contributed by atoms with Crippen molar-refractivity contribution in [3.05, 3.63) is 59.7 Å². The SMILES string of the molecule is CN=C(NCCOc1ccc(C)cc1)NCC1CCOc2ccccc21.I. The van der Waals surface area contributed by atoms with Gasteiger partial charge in [0.2, 0.25) is 0 Å². The normalized spacial score (nSPS) is 15.8. The molecule has 3 rings (SSSR count). The van der Waals surface area contributed by atoms with E-state index in [1.54, 1.807) is 7.05 Å². The first kappa shape index (κ1) is 21.3. The molecule has 0 bridgehead atoms. The summed E-state index contributed by atoms with van der Waals surface area (Å²) in [6, 6.07) is 16.3. The van der Waals surface area contributed by atoms with Crippen molar-refractivity contribution in [2.24, 2.45) is 4.99 Å². The molecule has 1 aliphatic heterocycles. The van der Waals surface area contributed by atoms with Gasteiger partial charge in [-0.25, -0.2) is 0 Å². The number of nitrogens with one attached hydrogen (secondary N) is 2. The molecule has 2 aromatic carbocycles. The van der Waals surface area contributed by atoms with Crippen LogP contribution in [0, 0.1) is 6.92 Å². The smallest absolute Gasteiger partial charge is 0.191 e. The molecule has 5 nitrogen and oxygen atoms in total. The molecule has 0 aliphatic carbocycles. The number of guanidine groups is 1. The van der Waals surface area contributed by atoms with Crippen molar-refractivity contribution in [2.75, 3.05) is 33.4 Å². The Kier molecular flexibility index (Phi) is 8.71. The monoisotopic (exact) mass is 481 g/mol. The molecule has 1 atom stereocenters. The number of para-hydroxylation sites is 1. The summed E-state index contributed by atoms with van der Waals surface area (Å²) in [6.07, 6.45) is 1.01. The summed E-state index contributed by atoms with van der Waals surface area (Å²) in [5.41, 5.74) is 2.50. The van der Waals surface area contributed by atoms with Crippen LogP contribution in [0.2, 0.25) is 0 Å². The lowest BCUT2D eigenvalue weighted by Gasteiger charge is -2.26. The standard InChI is InChI=1S/C21H27N3O2.HI/c1-16-7-9-18(10-8-16)25-14-12-23-21(22-2)24-15-17-11-13-26-20-6-4-3-5-19(17)20;/h3-10,17H,11-15H2,1-2H3,(H2,22,23,24);1H. The number of aliphatic imine (C=N–C) groups is 1. The molecule has 0 fully saturated rings. The highest BCUT2D eigenvalue weighted by Gasteiger charge is 2.20. The van der Waals surface area contributed by atoms with Crippen molar-refractivity contribution in [1.82, 2.24) is 10.6 Å². The third-order valence-electron chi connectivity index (χ3n) is 4.51. The fraction of sp³-hybridized carbons (Fsp3) is 0.381. The molecule has 1 unspecified atom stereocenters. The van der Waals surface area contributed by atoms with E-state index in [1.165, 1.54) is 11.1 Å². The maximum atomic E-state index is 5.74. The molecule has 0 aromatic heterocycles. The number of rotatable bonds is 6. The van der Waals surface area contributed by atoms with Gasteiger partial charge in [0.1, 0.15) is 18.1 Å². The Morgan fingerprint density at radius 2 is 1.93 bits per heavy atom. The molecular formula is C21H28IN3O2. The molecule has 0 saturated heterocycles. The van der Waals surface area contributed by atoms with Crippen molar-refractivity contribution in [3.8, 4) is 11.5 Å². The Bertz CT molecular complexity index is 734. The van der Waals surface area contributed by atoms with Gasteiger partial charge < -0.3 is 20.1 Å². The highest BCUT2D eigenvalue weighted by atomic mass is 127. The van der Waals surface area contributed by atoms with Crippen LogP contribution in [-0.2, 0) is 0 Å². The summed E-state index contributed by atoms with van der Waals surface area (Å²) in [7, 11) is 1.79. The number of benzene rings is 2. The first-order chi connectivity index (χ1) is 12.8. The first-order valence-corrected chi connectivity index (χ1v) is 9.12. The van der Waals surface area contributed by atoms with Crippen molar-refractivity contribution < 1.29 is 9.47 Å². The Morgan fingerprint density at radius 3 is 2.70 bits per heavy atom. The van der Waals surface area contributed by atoms with E-state index in [0.29, 0.717) is 19.1 Å². The van der Waals surface area contributed by atoms with Crippen molar-refractivity contribution in [3.63, 3.8) is 0 Å². The van der Waals surface area contributed by atoms with E-state index in [-0.39, 0.29) is 24.0 Å². The van der Waals surface area contributed by atoms with Gasteiger partial charge in [0.15, 0.2) is 5.96 Å². The average molecular weight is 481 g/mol. The molecule has 0 saturated carbocycles. The van der Waals surface area contributed by atoms with Gasteiger partial charge in [0.05, 0.1) is 13.2 Å². The van der Waals surface area contributed by atoms with Crippen LogP contribution in [0.1, 0.15) is 23.5 Å². The maximum absolute atomic E-state index is 5.74. The molecule has 6 heteroatoms. The van der Waals surface area contributed by atoms with E-state index in [1.807, 2.05) is 24.3 Å². The second-order valence-corrected chi connectivity index (χ2v) is 6.41. The predicted octanol–water partition coefficient (Wildman–Crippen LogP) is 3.72. The Balaban J connectivity index is 0.00000261.